The van der Waals surface area contributed by atoms with Gasteiger partial charge in [0.2, 0.25) is 0 Å². The number of esters is 1. The SMILES string of the molecule is CCCCCCC1(C)NC(=O)N(CC(=O)c2c(C)[nH]c(C)c2C(=O)OCC)C1=O. The number of aryl methyl sites for hydroxylation is 2. The van der Waals surface area contributed by atoms with Crippen LogP contribution in [0.2, 0.25) is 0 Å². The van der Waals surface area contributed by atoms with E-state index in [4.69, 9.17) is 4.74 Å². The molecular formula is C21H31N3O5. The summed E-state index contributed by atoms with van der Waals surface area (Å²) in [6.45, 7) is 8.60. The molecule has 0 aliphatic carbocycles. The lowest BCUT2D eigenvalue weighted by atomic mass is 9.94. The molecule has 1 aliphatic rings. The highest BCUT2D eigenvalue weighted by molar-refractivity contribution is 6.14. The van der Waals surface area contributed by atoms with E-state index in [1.165, 1.54) is 0 Å². The highest BCUT2D eigenvalue weighted by atomic mass is 16.5. The van der Waals surface area contributed by atoms with E-state index in [2.05, 4.69) is 17.2 Å². The van der Waals surface area contributed by atoms with Gasteiger partial charge in [0.1, 0.15) is 5.54 Å². The summed E-state index contributed by atoms with van der Waals surface area (Å²) in [7, 11) is 0. The summed E-state index contributed by atoms with van der Waals surface area (Å²) in [6, 6.07) is -0.580. The Morgan fingerprint density at radius 2 is 1.69 bits per heavy atom. The molecule has 2 rings (SSSR count). The molecule has 1 saturated heterocycles. The second-order valence-electron chi connectivity index (χ2n) is 7.73. The standard InChI is InChI=1S/C21H31N3O5/c1-6-8-9-10-11-21(5)19(27)24(20(28)23-21)12-15(25)16-13(3)22-14(4)17(16)18(26)29-7-2/h22H,6-12H2,1-5H3,(H,23,28). The molecule has 3 amide bonds. The highest BCUT2D eigenvalue weighted by Crippen LogP contribution is 2.26. The Morgan fingerprint density at radius 3 is 2.31 bits per heavy atom. The molecule has 2 N–H and O–H groups in total. The summed E-state index contributed by atoms with van der Waals surface area (Å²) < 4.78 is 5.05. The monoisotopic (exact) mass is 405 g/mol. The molecule has 1 aromatic heterocycles. The first-order valence-corrected chi connectivity index (χ1v) is 10.2. The number of hydrogen-bond acceptors (Lipinski definition) is 5. The fraction of sp³-hybridized carbons (Fsp3) is 0.619. The van der Waals surface area contributed by atoms with Gasteiger partial charge in [0.05, 0.1) is 24.3 Å². The third kappa shape index (κ3) is 4.68. The number of ether oxygens (including phenoxy) is 1. The van der Waals surface area contributed by atoms with Gasteiger partial charge in [-0.05, 0) is 34.1 Å². The van der Waals surface area contributed by atoms with E-state index in [1.54, 1.807) is 27.7 Å². The van der Waals surface area contributed by atoms with E-state index in [-0.39, 0.29) is 17.7 Å². The number of urea groups is 1. The zero-order valence-corrected chi connectivity index (χ0v) is 17.9. The van der Waals surface area contributed by atoms with Crippen LogP contribution in [0.1, 0.15) is 85.0 Å². The van der Waals surface area contributed by atoms with Gasteiger partial charge < -0.3 is 15.0 Å². The summed E-state index contributed by atoms with van der Waals surface area (Å²) in [5.41, 5.74) is 0.340. The van der Waals surface area contributed by atoms with Crippen molar-refractivity contribution in [3.05, 3.63) is 22.5 Å². The van der Waals surface area contributed by atoms with Crippen LogP contribution < -0.4 is 5.32 Å². The van der Waals surface area contributed by atoms with E-state index in [1.807, 2.05) is 0 Å². The fourth-order valence-corrected chi connectivity index (χ4v) is 3.78. The highest BCUT2D eigenvalue weighted by Gasteiger charge is 2.48. The van der Waals surface area contributed by atoms with Gasteiger partial charge in [0.15, 0.2) is 5.78 Å². The number of aromatic amines is 1. The maximum atomic E-state index is 13.0. The van der Waals surface area contributed by atoms with Gasteiger partial charge in [-0.2, -0.15) is 0 Å². The van der Waals surface area contributed by atoms with Crippen molar-refractivity contribution in [1.82, 2.24) is 15.2 Å². The van der Waals surface area contributed by atoms with Crippen LogP contribution in [0, 0.1) is 13.8 Å². The minimum atomic E-state index is -1.00. The van der Waals surface area contributed by atoms with Crippen molar-refractivity contribution < 1.29 is 23.9 Å². The van der Waals surface area contributed by atoms with Crippen LogP contribution in [0.4, 0.5) is 4.79 Å². The second kappa shape index (κ2) is 9.24. The normalized spacial score (nSPS) is 18.9. The quantitative estimate of drug-likeness (QED) is 0.269. The average molecular weight is 405 g/mol. The third-order valence-corrected chi connectivity index (χ3v) is 5.31. The number of nitrogens with one attached hydrogen (secondary N) is 2. The molecule has 0 radical (unpaired) electrons. The number of amides is 3. The Bertz CT molecular complexity index is 813. The summed E-state index contributed by atoms with van der Waals surface area (Å²) in [4.78, 5) is 54.5. The average Bonchev–Trinajstić information content (AvgIpc) is 3.06. The Morgan fingerprint density at radius 1 is 1.03 bits per heavy atom. The van der Waals surface area contributed by atoms with Gasteiger partial charge in [0, 0.05) is 11.4 Å². The van der Waals surface area contributed by atoms with Crippen LogP contribution in [-0.2, 0) is 9.53 Å². The van der Waals surface area contributed by atoms with Gasteiger partial charge in [-0.25, -0.2) is 9.59 Å². The molecule has 8 nitrogen and oxygen atoms in total. The first kappa shape index (κ1) is 22.6. The number of carbonyl (C=O) groups excluding carboxylic acids is 4. The number of imide groups is 1. The number of rotatable bonds is 10. The molecule has 160 valence electrons. The summed E-state index contributed by atoms with van der Waals surface area (Å²) in [6.07, 6.45) is 4.48. The predicted molar refractivity (Wildman–Crippen MR) is 108 cm³/mol. The lowest BCUT2D eigenvalue weighted by Crippen LogP contribution is -2.44. The lowest BCUT2D eigenvalue weighted by Gasteiger charge is -2.21. The zero-order chi connectivity index (χ0) is 21.8. The zero-order valence-electron chi connectivity index (χ0n) is 17.9. The smallest absolute Gasteiger partial charge is 0.340 e. The Kier molecular flexibility index (Phi) is 7.21. The van der Waals surface area contributed by atoms with Gasteiger partial charge in [-0.3, -0.25) is 14.5 Å². The minimum Gasteiger partial charge on any atom is -0.462 e. The molecule has 0 spiro atoms. The maximum absolute atomic E-state index is 13.0. The van der Waals surface area contributed by atoms with Gasteiger partial charge in [-0.1, -0.05) is 32.6 Å². The summed E-state index contributed by atoms with van der Waals surface area (Å²) in [5, 5.41) is 2.73. The maximum Gasteiger partial charge on any atom is 0.340 e. The van der Waals surface area contributed by atoms with Crippen LogP contribution >= 0.6 is 0 Å². The Balaban J connectivity index is 2.18. The first-order chi connectivity index (χ1) is 13.7. The summed E-state index contributed by atoms with van der Waals surface area (Å²) >= 11 is 0. The second-order valence-corrected chi connectivity index (χ2v) is 7.73. The number of H-pyrrole nitrogens is 1. The molecule has 1 atom stereocenters. The van der Waals surface area contributed by atoms with E-state index in [9.17, 15) is 19.2 Å². The molecule has 0 aromatic carbocycles. The number of hydrogen-bond donors (Lipinski definition) is 2. The number of ketones is 1. The topological polar surface area (TPSA) is 109 Å². The van der Waals surface area contributed by atoms with Gasteiger partial charge >= 0.3 is 12.0 Å². The van der Waals surface area contributed by atoms with Gasteiger partial charge in [-0.15, -0.1) is 0 Å². The van der Waals surface area contributed by atoms with Crippen LogP contribution in [0.5, 0.6) is 0 Å². The van der Waals surface area contributed by atoms with E-state index in [0.717, 1.165) is 30.6 Å². The number of unbranched alkanes of at least 4 members (excludes halogenated alkanes) is 3. The van der Waals surface area contributed by atoms with Crippen molar-refractivity contribution in [2.45, 2.75) is 72.3 Å². The molecule has 8 heteroatoms. The van der Waals surface area contributed by atoms with Crippen LogP contribution in [0.25, 0.3) is 0 Å². The van der Waals surface area contributed by atoms with Crippen molar-refractivity contribution in [1.29, 1.82) is 0 Å². The number of carbonyl (C=O) groups is 4. The Hall–Kier alpha value is -2.64. The van der Waals surface area contributed by atoms with Crippen LogP contribution in [0.15, 0.2) is 0 Å². The van der Waals surface area contributed by atoms with Crippen molar-refractivity contribution in [2.75, 3.05) is 13.2 Å². The minimum absolute atomic E-state index is 0.156. The fourth-order valence-electron chi connectivity index (χ4n) is 3.78. The molecule has 0 saturated carbocycles. The van der Waals surface area contributed by atoms with Crippen molar-refractivity contribution in [3.63, 3.8) is 0 Å². The molecule has 1 unspecified atom stereocenters. The molecule has 2 heterocycles. The van der Waals surface area contributed by atoms with Crippen molar-refractivity contribution >= 4 is 23.7 Å². The molecule has 0 bridgehead atoms. The first-order valence-electron chi connectivity index (χ1n) is 10.2. The number of nitrogens with zero attached hydrogens (tertiary/aromatic N) is 1. The van der Waals surface area contributed by atoms with Crippen LogP contribution in [-0.4, -0.2) is 52.3 Å². The number of Topliss-reactive ketones (excluding diaryl/α,β-unsaturated/α-hetero) is 1. The van der Waals surface area contributed by atoms with Crippen molar-refractivity contribution in [3.8, 4) is 0 Å². The van der Waals surface area contributed by atoms with Gasteiger partial charge in [0.25, 0.3) is 5.91 Å². The largest absolute Gasteiger partial charge is 0.462 e. The number of aromatic nitrogens is 1. The predicted octanol–water partition coefficient (Wildman–Crippen LogP) is 3.27. The van der Waals surface area contributed by atoms with E-state index < -0.39 is 35.8 Å². The summed E-state index contributed by atoms with van der Waals surface area (Å²) in [5.74, 6) is -1.49. The molecule has 29 heavy (non-hydrogen) atoms. The Labute approximate surface area is 171 Å². The molecule has 1 aromatic rings. The molecular weight excluding hydrogens is 374 g/mol. The van der Waals surface area contributed by atoms with Crippen molar-refractivity contribution in [2.24, 2.45) is 0 Å². The van der Waals surface area contributed by atoms with Crippen LogP contribution in [0.3, 0.4) is 0 Å². The third-order valence-electron chi connectivity index (χ3n) is 5.31. The molecule has 1 aliphatic heterocycles. The lowest BCUT2D eigenvalue weighted by molar-refractivity contribution is -0.130. The van der Waals surface area contributed by atoms with E-state index in [0.29, 0.717) is 17.8 Å². The molecule has 1 fully saturated rings. The van der Waals surface area contributed by atoms with E-state index >= 15 is 0 Å².